The Morgan fingerprint density at radius 2 is 0.425 bits per heavy atom. The first-order chi connectivity index (χ1) is 64.7. The summed E-state index contributed by atoms with van der Waals surface area (Å²) in [6, 6.07) is 43.5. The standard InChI is InChI=1S/C100H110N8O26/c1-9-125-85(109)55-81(97(121)129-13-5)105-93(117)77(45-61-33-21-17-22-34-61)101-89(113)65-49-66(90(114)102-78(46-62-35-23-18-24-36-62)94(118)106-82(98(122)130-14-6)56-86(110)126-10-2)52-69(51-65)133-59-75-71-41-29-31-43-73(71)76(74-44-32-30-42-72(74)75)60-134-70-53-67(91(115)103-79(47-63-37-25-19-26-38-63)95(119)107-83(99(123)131-15-7)57-87(111)127-11-3)50-68(54-70)92(116)104-80(48-64-39-27-20-28-40-64)96(120)108-84(100(124)132-16-8)58-88(112)128-12-4/h17-44,49-54,77-84H,9-16,45-48,55-60H2,1-8H3,(H,101,113)(H,102,114)(H,103,115)(H,104,116)(H,105,117)(H,106,118)(H,107,119)(H,108,120)/t77-,78-,79-,80+,81-,82-,83-,84-/m0/s1. The van der Waals surface area contributed by atoms with Crippen molar-refractivity contribution in [1.29, 1.82) is 0 Å². The van der Waals surface area contributed by atoms with E-state index >= 15 is 19.2 Å². The molecule has 706 valence electrons. The third kappa shape index (κ3) is 30.9. The van der Waals surface area contributed by atoms with Gasteiger partial charge in [-0.1, -0.05) is 170 Å². The number of nitrogens with one attached hydrogen (secondary N) is 8. The van der Waals surface area contributed by atoms with Gasteiger partial charge in [-0.25, -0.2) is 19.2 Å². The molecule has 8 N–H and O–H groups in total. The molecule has 134 heavy (non-hydrogen) atoms. The number of carbonyl (C=O) groups is 16. The lowest BCUT2D eigenvalue weighted by molar-refractivity contribution is -0.153. The first kappa shape index (κ1) is 102. The van der Waals surface area contributed by atoms with Gasteiger partial charge in [0.05, 0.1) is 78.5 Å². The molecule has 0 radical (unpaired) electrons. The van der Waals surface area contributed by atoms with Crippen molar-refractivity contribution < 1.29 is 124 Å². The minimum atomic E-state index is -1.57. The van der Waals surface area contributed by atoms with Crippen molar-refractivity contribution in [1.82, 2.24) is 42.5 Å². The Kier molecular flexibility index (Phi) is 40.1. The molecule has 0 aliphatic rings. The molecule has 9 aromatic rings. The second kappa shape index (κ2) is 52.5. The molecule has 0 spiro atoms. The maximum absolute atomic E-state index is 15.3. The van der Waals surface area contributed by atoms with Crippen molar-refractivity contribution >= 4 is 117 Å². The SMILES string of the molecule is CCOC(=O)C[C@H](NC(=O)[C@H](Cc1ccccc1)NC(=O)c1cc(OCc2c3ccccc3c(COc3cc(C(=O)N[C@@H](Cc4ccccc4)C(=O)N[C@@H](CC(=O)OCC)C(=O)OCC)cc(C(=O)N[C@H](Cc4ccccc4)C(=O)N[C@@H](CC(=O)OCC)C(=O)OCC)c3)c3ccccc23)cc(C(=O)N[C@@H](Cc2ccccc2)C(=O)N[C@@H](CC(=O)OCC)C(=O)OCC)c1)C(=O)OCC. The van der Waals surface area contributed by atoms with E-state index in [9.17, 15) is 57.5 Å². The molecule has 0 aliphatic heterocycles. The normalized spacial score (nSPS) is 12.7. The number of ether oxygens (including phenoxy) is 10. The molecule has 0 bridgehead atoms. The van der Waals surface area contributed by atoms with Crippen LogP contribution in [0.25, 0.3) is 21.5 Å². The van der Waals surface area contributed by atoms with Crippen LogP contribution in [0, 0.1) is 0 Å². The Morgan fingerprint density at radius 3 is 0.619 bits per heavy atom. The van der Waals surface area contributed by atoms with Gasteiger partial charge in [-0.05, 0) is 136 Å². The first-order valence-electron chi connectivity index (χ1n) is 44.0. The number of amides is 8. The summed E-state index contributed by atoms with van der Waals surface area (Å²) < 4.78 is 55.0. The topological polar surface area (TPSA) is 462 Å². The third-order valence-corrected chi connectivity index (χ3v) is 20.7. The van der Waals surface area contributed by atoms with Crippen LogP contribution in [-0.2, 0) is 134 Å². The minimum absolute atomic E-state index is 0.0465. The highest BCUT2D eigenvalue weighted by Crippen LogP contribution is 2.36. The minimum Gasteiger partial charge on any atom is -0.489 e. The summed E-state index contributed by atoms with van der Waals surface area (Å²) in [6.07, 6.45) is -3.30. The molecule has 0 aliphatic carbocycles. The lowest BCUT2D eigenvalue weighted by Gasteiger charge is -2.23. The average Bonchev–Trinajstić information content (AvgIpc) is 0.751. The number of hydrogen-bond donors (Lipinski definition) is 8. The van der Waals surface area contributed by atoms with E-state index < -0.39 is 169 Å². The largest absolute Gasteiger partial charge is 0.489 e. The van der Waals surface area contributed by atoms with Crippen molar-refractivity contribution in [2.24, 2.45) is 0 Å². The molecular weight excluding hydrogens is 1730 g/mol. The van der Waals surface area contributed by atoms with Gasteiger partial charge in [0.2, 0.25) is 23.6 Å². The van der Waals surface area contributed by atoms with E-state index in [-0.39, 0.29) is 126 Å². The summed E-state index contributed by atoms with van der Waals surface area (Å²) in [4.78, 5) is 225. The van der Waals surface area contributed by atoms with E-state index in [1.54, 1.807) is 198 Å². The van der Waals surface area contributed by atoms with Crippen LogP contribution in [0.15, 0.2) is 206 Å². The highest BCUT2D eigenvalue weighted by atomic mass is 16.6. The molecule has 0 fully saturated rings. The zero-order valence-electron chi connectivity index (χ0n) is 75.6. The Labute approximate surface area is 774 Å². The number of carbonyl (C=O) groups excluding carboxylic acids is 16. The van der Waals surface area contributed by atoms with E-state index in [1.165, 1.54) is 64.1 Å². The Morgan fingerprint density at radius 1 is 0.231 bits per heavy atom. The van der Waals surface area contributed by atoms with E-state index in [4.69, 9.17) is 47.4 Å². The van der Waals surface area contributed by atoms with Gasteiger partial charge in [-0.15, -0.1) is 0 Å². The Balaban J connectivity index is 1.14. The van der Waals surface area contributed by atoms with Gasteiger partial charge in [0, 0.05) is 59.1 Å². The quantitative estimate of drug-likeness (QED) is 0.0100. The summed E-state index contributed by atoms with van der Waals surface area (Å²) in [5.74, 6) is -15.0. The van der Waals surface area contributed by atoms with Gasteiger partial charge in [-0.2, -0.15) is 0 Å². The molecule has 0 saturated carbocycles. The van der Waals surface area contributed by atoms with Crippen LogP contribution in [0.2, 0.25) is 0 Å². The van der Waals surface area contributed by atoms with Gasteiger partial charge in [0.25, 0.3) is 23.6 Å². The summed E-state index contributed by atoms with van der Waals surface area (Å²) in [7, 11) is 0. The predicted octanol–water partition coefficient (Wildman–Crippen LogP) is 8.52. The van der Waals surface area contributed by atoms with Crippen LogP contribution >= 0.6 is 0 Å². The van der Waals surface area contributed by atoms with Gasteiger partial charge in [0.15, 0.2) is 0 Å². The summed E-state index contributed by atoms with van der Waals surface area (Å²) in [5, 5.41) is 23.5. The van der Waals surface area contributed by atoms with E-state index in [1.807, 2.05) is 0 Å². The van der Waals surface area contributed by atoms with Crippen LogP contribution in [-0.4, -0.2) is 196 Å². The van der Waals surface area contributed by atoms with Crippen LogP contribution in [0.3, 0.4) is 0 Å². The zero-order valence-corrected chi connectivity index (χ0v) is 75.6. The number of hydrogen-bond acceptors (Lipinski definition) is 26. The molecule has 8 atom stereocenters. The van der Waals surface area contributed by atoms with Crippen molar-refractivity contribution in [3.63, 3.8) is 0 Å². The summed E-state index contributed by atoms with van der Waals surface area (Å²) in [6.45, 7) is 11.0. The zero-order chi connectivity index (χ0) is 96.6. The van der Waals surface area contributed by atoms with Gasteiger partial charge in [0.1, 0.15) is 73.0 Å². The molecule has 0 saturated heterocycles. The molecule has 0 aromatic heterocycles. The lowest BCUT2D eigenvalue weighted by Crippen LogP contribution is -2.53. The number of esters is 8. The second-order valence-corrected chi connectivity index (χ2v) is 30.3. The van der Waals surface area contributed by atoms with Crippen molar-refractivity contribution in [2.75, 3.05) is 52.9 Å². The van der Waals surface area contributed by atoms with Crippen LogP contribution in [0.5, 0.6) is 11.5 Å². The van der Waals surface area contributed by atoms with E-state index in [0.717, 1.165) is 0 Å². The van der Waals surface area contributed by atoms with Crippen LogP contribution in [0.1, 0.15) is 156 Å². The molecular formula is C100H110N8O26. The van der Waals surface area contributed by atoms with Crippen molar-refractivity contribution in [2.45, 2.75) is 168 Å². The maximum atomic E-state index is 15.3. The fraction of sp³-hybridized carbons (Fsp3) is 0.340. The molecule has 9 aromatic carbocycles. The predicted molar refractivity (Wildman–Crippen MR) is 488 cm³/mol. The van der Waals surface area contributed by atoms with Crippen molar-refractivity contribution in [3.05, 3.63) is 262 Å². The molecule has 34 heteroatoms. The molecule has 0 unspecified atom stereocenters. The fourth-order valence-corrected chi connectivity index (χ4v) is 14.4. The lowest BCUT2D eigenvalue weighted by atomic mass is 9.92. The van der Waals surface area contributed by atoms with Gasteiger partial charge < -0.3 is 89.9 Å². The molecule has 34 nitrogen and oxygen atoms in total. The van der Waals surface area contributed by atoms with Crippen LogP contribution < -0.4 is 52.0 Å². The van der Waals surface area contributed by atoms with E-state index in [2.05, 4.69) is 42.5 Å². The van der Waals surface area contributed by atoms with E-state index in [0.29, 0.717) is 54.9 Å². The summed E-state index contributed by atoms with van der Waals surface area (Å²) in [5.41, 5.74) is 2.09. The smallest absolute Gasteiger partial charge is 0.329 e. The number of fused-ring (bicyclic) bond motifs is 2. The molecule has 0 heterocycles. The fourth-order valence-electron chi connectivity index (χ4n) is 14.4. The maximum Gasteiger partial charge on any atom is 0.329 e. The highest BCUT2D eigenvalue weighted by Gasteiger charge is 2.37. The van der Waals surface area contributed by atoms with Gasteiger partial charge in [-0.3, -0.25) is 57.5 Å². The Bertz CT molecular complexity index is 4960. The third-order valence-electron chi connectivity index (χ3n) is 20.7. The average molecular weight is 1840 g/mol. The van der Waals surface area contributed by atoms with Gasteiger partial charge >= 0.3 is 47.8 Å². The summed E-state index contributed by atoms with van der Waals surface area (Å²) >= 11 is 0. The Hall–Kier alpha value is -15.4. The monoisotopic (exact) mass is 1840 g/mol. The number of benzene rings is 9. The molecule has 9 rings (SSSR count). The molecule has 8 amide bonds. The second-order valence-electron chi connectivity index (χ2n) is 30.3. The van der Waals surface area contributed by atoms with Crippen LogP contribution in [0.4, 0.5) is 0 Å². The highest BCUT2D eigenvalue weighted by molar-refractivity contribution is 6.08. The first-order valence-corrected chi connectivity index (χ1v) is 44.0. The number of rotatable bonds is 50. The van der Waals surface area contributed by atoms with Crippen molar-refractivity contribution in [3.8, 4) is 11.5 Å².